The van der Waals surface area contributed by atoms with E-state index in [2.05, 4.69) is 5.32 Å². The molecule has 0 aliphatic carbocycles. The molecule has 8 heteroatoms. The zero-order valence-corrected chi connectivity index (χ0v) is 13.9. The summed E-state index contributed by atoms with van der Waals surface area (Å²) in [4.78, 5) is 22.5. The van der Waals surface area contributed by atoms with Crippen molar-refractivity contribution in [3.8, 4) is 0 Å². The summed E-state index contributed by atoms with van der Waals surface area (Å²) < 4.78 is 24.3. The highest BCUT2D eigenvalue weighted by Crippen LogP contribution is 2.17. The molecule has 1 amide bonds. The smallest absolute Gasteiger partial charge is 0.313 e. The van der Waals surface area contributed by atoms with Crippen LogP contribution in [0.15, 0.2) is 29.2 Å². The van der Waals surface area contributed by atoms with Crippen molar-refractivity contribution in [3.63, 3.8) is 0 Å². The Labute approximate surface area is 134 Å². The van der Waals surface area contributed by atoms with Crippen LogP contribution in [-0.4, -0.2) is 49.2 Å². The zero-order valence-electron chi connectivity index (χ0n) is 12.2. The summed E-state index contributed by atoms with van der Waals surface area (Å²) in [5.74, 6) is -0.969. The van der Waals surface area contributed by atoms with Gasteiger partial charge in [-0.05, 0) is 18.6 Å². The van der Waals surface area contributed by atoms with E-state index in [9.17, 15) is 18.0 Å². The monoisotopic (exact) mass is 345 g/mol. The van der Waals surface area contributed by atoms with Crippen LogP contribution in [0.3, 0.4) is 0 Å². The molecule has 22 heavy (non-hydrogen) atoms. The van der Waals surface area contributed by atoms with Crippen LogP contribution < -0.4 is 5.32 Å². The maximum Gasteiger partial charge on any atom is 0.313 e. The summed E-state index contributed by atoms with van der Waals surface area (Å²) in [6, 6.07) is 6.10. The predicted octanol–water partition coefficient (Wildman–Crippen LogP) is 1.42. The minimum atomic E-state index is -3.48. The first-order valence-corrected chi connectivity index (χ1v) is 9.58. The lowest BCUT2D eigenvalue weighted by atomic mass is 10.2. The number of rotatable bonds is 9. The molecule has 0 saturated heterocycles. The number of thioether (sulfide) groups is 1. The maximum atomic E-state index is 12.2. The number of carbonyl (C=O) groups excluding carboxylic acids is 1. The number of carbonyl (C=O) groups is 2. The predicted molar refractivity (Wildman–Crippen MR) is 86.1 cm³/mol. The van der Waals surface area contributed by atoms with Crippen molar-refractivity contribution in [1.29, 1.82) is 0 Å². The van der Waals surface area contributed by atoms with Gasteiger partial charge in [0.2, 0.25) is 0 Å². The fourth-order valence-electron chi connectivity index (χ4n) is 1.80. The van der Waals surface area contributed by atoms with E-state index in [-0.39, 0.29) is 28.5 Å². The average Bonchev–Trinajstić information content (AvgIpc) is 2.46. The molecule has 0 spiro atoms. The van der Waals surface area contributed by atoms with Gasteiger partial charge >= 0.3 is 5.97 Å². The summed E-state index contributed by atoms with van der Waals surface area (Å²) in [7, 11) is -3.48. The molecule has 0 aliphatic rings. The number of carboxylic acids is 1. The van der Waals surface area contributed by atoms with Gasteiger partial charge in [0.05, 0.1) is 22.0 Å². The van der Waals surface area contributed by atoms with Crippen molar-refractivity contribution >= 4 is 33.5 Å². The fraction of sp³-hybridized carbons (Fsp3) is 0.429. The Bertz CT molecular complexity index is 628. The van der Waals surface area contributed by atoms with E-state index in [1.807, 2.05) is 0 Å². The molecule has 122 valence electrons. The number of sulfone groups is 1. The Morgan fingerprint density at radius 1 is 1.27 bits per heavy atom. The topological polar surface area (TPSA) is 101 Å². The van der Waals surface area contributed by atoms with Crippen molar-refractivity contribution in [2.24, 2.45) is 0 Å². The fourth-order valence-corrected chi connectivity index (χ4v) is 3.90. The summed E-state index contributed by atoms with van der Waals surface area (Å²) >= 11 is 1.18. The molecule has 0 atom stereocenters. The number of nitrogens with one attached hydrogen (secondary N) is 1. The molecular formula is C14H19NO5S2. The highest BCUT2D eigenvalue weighted by Gasteiger charge is 2.21. The number of benzene rings is 1. The summed E-state index contributed by atoms with van der Waals surface area (Å²) in [6.07, 6.45) is 0.476. The van der Waals surface area contributed by atoms with Crippen LogP contribution in [0, 0.1) is 0 Å². The first kappa shape index (κ1) is 18.5. The van der Waals surface area contributed by atoms with Crippen molar-refractivity contribution < 1.29 is 23.1 Å². The second-order valence-electron chi connectivity index (χ2n) is 4.52. The zero-order chi connectivity index (χ0) is 16.6. The van der Waals surface area contributed by atoms with Gasteiger partial charge in [0.25, 0.3) is 5.91 Å². The Morgan fingerprint density at radius 2 is 1.95 bits per heavy atom. The molecule has 1 aromatic carbocycles. The van der Waals surface area contributed by atoms with Crippen LogP contribution in [0.25, 0.3) is 0 Å². The van der Waals surface area contributed by atoms with Crippen LogP contribution in [0.2, 0.25) is 0 Å². The number of amides is 1. The lowest BCUT2D eigenvalue weighted by molar-refractivity contribution is -0.133. The van der Waals surface area contributed by atoms with E-state index < -0.39 is 21.7 Å². The van der Waals surface area contributed by atoms with E-state index >= 15 is 0 Å². The number of aliphatic carboxylic acids is 1. The largest absolute Gasteiger partial charge is 0.481 e. The lowest BCUT2D eigenvalue weighted by Gasteiger charge is -2.10. The van der Waals surface area contributed by atoms with E-state index in [4.69, 9.17) is 5.11 Å². The van der Waals surface area contributed by atoms with Gasteiger partial charge in [-0.3, -0.25) is 9.59 Å². The summed E-state index contributed by atoms with van der Waals surface area (Å²) in [6.45, 7) is 2.04. The second-order valence-corrected chi connectivity index (χ2v) is 7.70. The van der Waals surface area contributed by atoms with Gasteiger partial charge in [-0.15, -0.1) is 11.8 Å². The molecule has 6 nitrogen and oxygen atoms in total. The second kappa shape index (κ2) is 8.79. The van der Waals surface area contributed by atoms with E-state index in [0.29, 0.717) is 12.2 Å². The Hall–Kier alpha value is -1.54. The number of carboxylic acid groups (broad SMARTS) is 1. The minimum absolute atomic E-state index is 0.00818. The summed E-state index contributed by atoms with van der Waals surface area (Å²) in [5.41, 5.74) is 0.124. The van der Waals surface area contributed by atoms with Crippen LogP contribution in [0.1, 0.15) is 23.7 Å². The van der Waals surface area contributed by atoms with Crippen molar-refractivity contribution in [2.45, 2.75) is 18.2 Å². The molecule has 0 bridgehead atoms. The van der Waals surface area contributed by atoms with Crippen molar-refractivity contribution in [1.82, 2.24) is 5.32 Å². The molecular weight excluding hydrogens is 326 g/mol. The maximum absolute atomic E-state index is 12.2. The molecule has 0 aliphatic heterocycles. The van der Waals surface area contributed by atoms with Crippen molar-refractivity contribution in [3.05, 3.63) is 29.8 Å². The van der Waals surface area contributed by atoms with Crippen LogP contribution in [-0.2, 0) is 14.6 Å². The number of hydrogen-bond acceptors (Lipinski definition) is 5. The molecule has 0 saturated carbocycles. The van der Waals surface area contributed by atoms with E-state index in [0.717, 1.165) is 0 Å². The Balaban J connectivity index is 2.72. The molecule has 0 fully saturated rings. The highest BCUT2D eigenvalue weighted by atomic mass is 32.2. The highest BCUT2D eigenvalue weighted by molar-refractivity contribution is 7.99. The third-order valence-electron chi connectivity index (χ3n) is 2.70. The van der Waals surface area contributed by atoms with E-state index in [1.54, 1.807) is 19.1 Å². The van der Waals surface area contributed by atoms with Crippen LogP contribution in [0.4, 0.5) is 0 Å². The third-order valence-corrected chi connectivity index (χ3v) is 5.61. The molecule has 2 N–H and O–H groups in total. The van der Waals surface area contributed by atoms with Gasteiger partial charge < -0.3 is 10.4 Å². The first-order valence-electron chi connectivity index (χ1n) is 6.78. The molecule has 1 rings (SSSR count). The van der Waals surface area contributed by atoms with Gasteiger partial charge in [0, 0.05) is 12.3 Å². The van der Waals surface area contributed by atoms with Crippen LogP contribution >= 0.6 is 11.8 Å². The third kappa shape index (κ3) is 5.69. The van der Waals surface area contributed by atoms with Gasteiger partial charge in [-0.25, -0.2) is 8.42 Å². The number of hydrogen-bond donors (Lipinski definition) is 2. The quantitative estimate of drug-likeness (QED) is 0.657. The normalized spacial score (nSPS) is 11.1. The molecule has 0 aromatic heterocycles. The van der Waals surface area contributed by atoms with Crippen LogP contribution in [0.5, 0.6) is 0 Å². The molecule has 0 unspecified atom stereocenters. The van der Waals surface area contributed by atoms with Crippen molar-refractivity contribution in [2.75, 3.05) is 23.8 Å². The van der Waals surface area contributed by atoms with Gasteiger partial charge in [-0.2, -0.15) is 0 Å². The van der Waals surface area contributed by atoms with Gasteiger partial charge in [0.1, 0.15) is 0 Å². The standard InChI is InChI=1S/C14H19NO5S2/c1-2-9-22(19,20)12-6-4-3-5-11(12)14(18)15-7-8-21-10-13(16)17/h3-6H,2,7-10H2,1H3,(H,15,18)(H,16,17). The lowest BCUT2D eigenvalue weighted by Crippen LogP contribution is -2.27. The molecule has 1 aromatic rings. The average molecular weight is 345 g/mol. The van der Waals surface area contributed by atoms with Gasteiger partial charge in [0.15, 0.2) is 9.84 Å². The van der Waals surface area contributed by atoms with E-state index in [1.165, 1.54) is 23.9 Å². The Kier molecular flexibility index (Phi) is 7.40. The summed E-state index contributed by atoms with van der Waals surface area (Å²) in [5, 5.41) is 11.1. The minimum Gasteiger partial charge on any atom is -0.481 e. The molecule has 0 heterocycles. The SMILES string of the molecule is CCCS(=O)(=O)c1ccccc1C(=O)NCCSCC(=O)O. The molecule has 0 radical (unpaired) electrons. The first-order chi connectivity index (χ1) is 10.4. The Morgan fingerprint density at radius 3 is 2.59 bits per heavy atom. The van der Waals surface area contributed by atoms with Gasteiger partial charge in [-0.1, -0.05) is 19.1 Å².